The molecule has 9 atom stereocenters. The molecule has 4 N–H and O–H groups in total. The number of hydrogen-bond donors (Lipinski definition) is 4. The summed E-state index contributed by atoms with van der Waals surface area (Å²) >= 11 is 0. The first kappa shape index (κ1) is 34.0. The molecule has 5 rings (SSSR count). The second-order valence-corrected chi connectivity index (χ2v) is 17.3. The van der Waals surface area contributed by atoms with E-state index in [2.05, 4.69) is 34.6 Å². The first-order valence-corrected chi connectivity index (χ1v) is 17.3. The monoisotopic (exact) mass is 622 g/mol. The van der Waals surface area contributed by atoms with E-state index in [1.807, 2.05) is 19.1 Å². The number of fused-ring (bicyclic) bond motifs is 5. The van der Waals surface area contributed by atoms with Gasteiger partial charge < -0.3 is 25.2 Å². The van der Waals surface area contributed by atoms with Gasteiger partial charge in [-0.05, 0) is 142 Å². The molecule has 45 heavy (non-hydrogen) atoms. The molecule has 0 bridgehead atoms. The number of esters is 1. The van der Waals surface area contributed by atoms with E-state index >= 15 is 0 Å². The quantitative estimate of drug-likeness (QED) is 0.106. The SMILES string of the molecule is CC(C)(O)/C=C\C[C@](C)(O)[C@H]1CC[C@]2(C)[C@@H]1CC[C@@H]1[C@@]3(C)CC[C@H](OC(=O)/C=C/c4ccc(O)c(O)c4)C(C)(C)[C@@H]3CC[C@]12C. The standard InChI is InChI=1S/C39H58O6/c1-34(2,43)19-9-20-39(8,44)27-16-22-37(6)26(27)12-14-31-36(5)21-18-32(35(3,4)30(36)17-23-38(31,37)7)45-33(42)15-11-25-10-13-28(40)29(41)24-25/h9-11,13,15,19,24,26-27,30-32,40-41,43-44H,12,14,16-18,20-23H2,1-8H3/b15-11+,19-9-/t26-,27+,30+,31-,32+,36+,37-,38-,39+/m1/s1. The summed E-state index contributed by atoms with van der Waals surface area (Å²) in [7, 11) is 0. The van der Waals surface area contributed by atoms with Crippen LogP contribution in [0.2, 0.25) is 0 Å². The van der Waals surface area contributed by atoms with Gasteiger partial charge in [0.15, 0.2) is 11.5 Å². The van der Waals surface area contributed by atoms with Gasteiger partial charge in [0.1, 0.15) is 6.10 Å². The fourth-order valence-electron chi connectivity index (χ4n) is 11.4. The minimum absolute atomic E-state index is 0.156. The molecule has 0 saturated heterocycles. The second-order valence-electron chi connectivity index (χ2n) is 17.3. The lowest BCUT2D eigenvalue weighted by atomic mass is 9.35. The van der Waals surface area contributed by atoms with Gasteiger partial charge in [0, 0.05) is 11.5 Å². The largest absolute Gasteiger partial charge is 0.504 e. The van der Waals surface area contributed by atoms with Crippen LogP contribution in [-0.2, 0) is 9.53 Å². The highest BCUT2D eigenvalue weighted by Crippen LogP contribution is 2.76. The zero-order valence-corrected chi connectivity index (χ0v) is 28.9. The Kier molecular flexibility index (Phi) is 8.65. The second kappa shape index (κ2) is 11.4. The van der Waals surface area contributed by atoms with Crippen molar-refractivity contribution in [3.8, 4) is 11.5 Å². The molecule has 0 radical (unpaired) electrons. The van der Waals surface area contributed by atoms with Crippen molar-refractivity contribution < 1.29 is 30.0 Å². The summed E-state index contributed by atoms with van der Waals surface area (Å²) in [5.74, 6) is 0.979. The van der Waals surface area contributed by atoms with Gasteiger partial charge in [0.25, 0.3) is 0 Å². The topological polar surface area (TPSA) is 107 Å². The molecule has 1 aromatic rings. The van der Waals surface area contributed by atoms with Gasteiger partial charge in [-0.25, -0.2) is 4.79 Å². The van der Waals surface area contributed by atoms with E-state index in [-0.39, 0.29) is 51.2 Å². The fraction of sp³-hybridized carbons (Fsp3) is 0.718. The van der Waals surface area contributed by atoms with Crippen molar-refractivity contribution in [1.29, 1.82) is 0 Å². The Morgan fingerprint density at radius 1 is 0.889 bits per heavy atom. The Balaban J connectivity index is 1.31. The molecule has 4 aliphatic carbocycles. The summed E-state index contributed by atoms with van der Waals surface area (Å²) in [5, 5.41) is 41.3. The number of rotatable bonds is 7. The maximum atomic E-state index is 13.0. The zero-order valence-electron chi connectivity index (χ0n) is 28.9. The van der Waals surface area contributed by atoms with Crippen LogP contribution in [0.3, 0.4) is 0 Å². The highest BCUT2D eigenvalue weighted by molar-refractivity contribution is 5.87. The van der Waals surface area contributed by atoms with Gasteiger partial charge in [-0.15, -0.1) is 0 Å². The fourth-order valence-corrected chi connectivity index (χ4v) is 11.4. The molecular formula is C39H58O6. The Morgan fingerprint density at radius 3 is 2.24 bits per heavy atom. The number of carbonyl (C=O) groups is 1. The minimum Gasteiger partial charge on any atom is -0.504 e. The van der Waals surface area contributed by atoms with Crippen molar-refractivity contribution in [2.24, 2.45) is 45.3 Å². The predicted octanol–water partition coefficient (Wildman–Crippen LogP) is 8.18. The van der Waals surface area contributed by atoms with Crippen LogP contribution in [0.5, 0.6) is 11.5 Å². The van der Waals surface area contributed by atoms with E-state index < -0.39 is 11.2 Å². The first-order chi connectivity index (χ1) is 20.7. The molecule has 4 aliphatic rings. The third kappa shape index (κ3) is 5.88. The van der Waals surface area contributed by atoms with Crippen molar-refractivity contribution in [1.82, 2.24) is 0 Å². The van der Waals surface area contributed by atoms with Gasteiger partial charge in [-0.2, -0.15) is 0 Å². The van der Waals surface area contributed by atoms with Crippen molar-refractivity contribution in [3.63, 3.8) is 0 Å². The van der Waals surface area contributed by atoms with E-state index in [1.54, 1.807) is 26.0 Å². The molecule has 0 heterocycles. The Hall–Kier alpha value is -2.31. The molecule has 0 unspecified atom stereocenters. The molecular weight excluding hydrogens is 564 g/mol. The van der Waals surface area contributed by atoms with Crippen molar-refractivity contribution in [2.75, 3.05) is 0 Å². The molecule has 1 aromatic carbocycles. The van der Waals surface area contributed by atoms with Crippen molar-refractivity contribution in [3.05, 3.63) is 42.0 Å². The predicted molar refractivity (Wildman–Crippen MR) is 178 cm³/mol. The highest BCUT2D eigenvalue weighted by atomic mass is 16.5. The van der Waals surface area contributed by atoms with E-state index in [0.717, 1.165) is 44.9 Å². The molecule has 4 fully saturated rings. The summed E-state index contributed by atoms with van der Waals surface area (Å²) in [4.78, 5) is 13.0. The minimum atomic E-state index is -0.875. The molecule has 0 aromatic heterocycles. The van der Waals surface area contributed by atoms with E-state index in [4.69, 9.17) is 4.74 Å². The molecule has 0 spiro atoms. The van der Waals surface area contributed by atoms with E-state index in [1.165, 1.54) is 24.6 Å². The Morgan fingerprint density at radius 2 is 1.58 bits per heavy atom. The first-order valence-electron chi connectivity index (χ1n) is 17.3. The van der Waals surface area contributed by atoms with Gasteiger partial charge in [0.2, 0.25) is 0 Å². The lowest BCUT2D eigenvalue weighted by Crippen LogP contribution is -2.64. The number of aromatic hydroxyl groups is 2. The van der Waals surface area contributed by atoms with Crippen LogP contribution >= 0.6 is 0 Å². The average molecular weight is 623 g/mol. The van der Waals surface area contributed by atoms with Gasteiger partial charge in [0.05, 0.1) is 11.2 Å². The molecule has 4 saturated carbocycles. The van der Waals surface area contributed by atoms with Crippen LogP contribution < -0.4 is 0 Å². The number of carbonyl (C=O) groups excluding carboxylic acids is 1. The number of phenolic OH excluding ortho intramolecular Hbond substituents is 2. The number of hydrogen-bond acceptors (Lipinski definition) is 6. The molecule has 0 aliphatic heterocycles. The van der Waals surface area contributed by atoms with Gasteiger partial charge in [-0.1, -0.05) is 52.8 Å². The summed E-state index contributed by atoms with van der Waals surface area (Å²) in [5.41, 5.74) is -0.707. The van der Waals surface area contributed by atoms with Crippen LogP contribution in [-0.4, -0.2) is 43.7 Å². The molecule has 6 heteroatoms. The summed E-state index contributed by atoms with van der Waals surface area (Å²) in [6.45, 7) is 17.8. The summed E-state index contributed by atoms with van der Waals surface area (Å²) in [6, 6.07) is 4.47. The van der Waals surface area contributed by atoms with Crippen LogP contribution in [0.4, 0.5) is 0 Å². The van der Waals surface area contributed by atoms with Crippen molar-refractivity contribution in [2.45, 2.75) is 130 Å². The summed E-state index contributed by atoms with van der Waals surface area (Å²) in [6.07, 6.45) is 15.9. The smallest absolute Gasteiger partial charge is 0.331 e. The summed E-state index contributed by atoms with van der Waals surface area (Å²) < 4.78 is 6.14. The molecule has 250 valence electrons. The average Bonchev–Trinajstić information content (AvgIpc) is 3.29. The normalized spacial score (nSPS) is 39.2. The van der Waals surface area contributed by atoms with Crippen LogP contribution in [0.15, 0.2) is 36.4 Å². The number of benzene rings is 1. The zero-order chi connectivity index (χ0) is 33.2. The van der Waals surface area contributed by atoms with Gasteiger partial charge in [-0.3, -0.25) is 0 Å². The highest BCUT2D eigenvalue weighted by Gasteiger charge is 2.69. The Labute approximate surface area is 271 Å². The van der Waals surface area contributed by atoms with Gasteiger partial charge >= 0.3 is 5.97 Å². The number of aliphatic hydroxyl groups is 2. The molecule has 6 nitrogen and oxygen atoms in total. The Bertz CT molecular complexity index is 1340. The third-order valence-corrected chi connectivity index (χ3v) is 13.9. The maximum absolute atomic E-state index is 13.0. The lowest BCUT2D eigenvalue weighted by molar-refractivity contribution is -0.229. The third-order valence-electron chi connectivity index (χ3n) is 13.9. The number of phenols is 2. The van der Waals surface area contributed by atoms with Crippen LogP contribution in [0.25, 0.3) is 6.08 Å². The van der Waals surface area contributed by atoms with Crippen LogP contribution in [0.1, 0.15) is 119 Å². The maximum Gasteiger partial charge on any atom is 0.331 e. The van der Waals surface area contributed by atoms with E-state index in [0.29, 0.717) is 29.7 Å². The van der Waals surface area contributed by atoms with Crippen LogP contribution in [0, 0.1) is 45.3 Å². The lowest BCUT2D eigenvalue weighted by Gasteiger charge is -2.70. The van der Waals surface area contributed by atoms with Crippen molar-refractivity contribution >= 4 is 12.0 Å². The number of ether oxygens (including phenoxy) is 1. The molecule has 0 amide bonds. The van der Waals surface area contributed by atoms with E-state index in [9.17, 15) is 25.2 Å².